The third-order valence-electron chi connectivity index (χ3n) is 4.20. The molecule has 0 aromatic heterocycles. The van der Waals surface area contributed by atoms with Gasteiger partial charge in [0.1, 0.15) is 6.04 Å². The third-order valence-corrected chi connectivity index (χ3v) is 4.20. The van der Waals surface area contributed by atoms with Crippen molar-refractivity contribution in [1.82, 2.24) is 10.2 Å². The largest absolute Gasteiger partial charge is 0.345 e. The average molecular weight is 331 g/mol. The fraction of sp³-hybridized carbons (Fsp3) is 0.579. The smallest absolute Gasteiger partial charge is 0.246 e. The van der Waals surface area contributed by atoms with Gasteiger partial charge in [0.2, 0.25) is 11.8 Å². The highest BCUT2D eigenvalue weighted by Crippen LogP contribution is 2.17. The van der Waals surface area contributed by atoms with Crippen LogP contribution in [0.2, 0.25) is 0 Å². The minimum atomic E-state index is -0.496. The SMILES string of the molecule is CC(=O)N[C@@H](CC(C)C)C(=O)Nc1cccc(CN2CCCC2)c1. The van der Waals surface area contributed by atoms with Crippen molar-refractivity contribution in [2.24, 2.45) is 5.92 Å². The quantitative estimate of drug-likeness (QED) is 0.807. The Kier molecular flexibility index (Phi) is 6.79. The molecule has 132 valence electrons. The minimum Gasteiger partial charge on any atom is -0.345 e. The molecule has 0 radical (unpaired) electrons. The predicted molar refractivity (Wildman–Crippen MR) is 96.6 cm³/mol. The summed E-state index contributed by atoms with van der Waals surface area (Å²) in [5.41, 5.74) is 1.99. The Labute approximate surface area is 144 Å². The van der Waals surface area contributed by atoms with E-state index in [1.54, 1.807) is 0 Å². The van der Waals surface area contributed by atoms with E-state index in [2.05, 4.69) is 21.6 Å². The predicted octanol–water partition coefficient (Wildman–Crippen LogP) is 2.77. The van der Waals surface area contributed by atoms with Crippen LogP contribution in [0.3, 0.4) is 0 Å². The second-order valence-electron chi connectivity index (χ2n) is 7.06. The Balaban J connectivity index is 1.99. The molecule has 0 unspecified atom stereocenters. The lowest BCUT2D eigenvalue weighted by Gasteiger charge is -2.20. The van der Waals surface area contributed by atoms with Gasteiger partial charge in [-0.3, -0.25) is 14.5 Å². The van der Waals surface area contributed by atoms with E-state index >= 15 is 0 Å². The number of benzene rings is 1. The number of nitrogens with zero attached hydrogens (tertiary/aromatic N) is 1. The molecular formula is C19H29N3O2. The van der Waals surface area contributed by atoms with E-state index < -0.39 is 6.04 Å². The van der Waals surface area contributed by atoms with E-state index in [1.807, 2.05) is 32.0 Å². The molecule has 1 heterocycles. The lowest BCUT2D eigenvalue weighted by Crippen LogP contribution is -2.43. The van der Waals surface area contributed by atoms with Crippen LogP contribution in [0.25, 0.3) is 0 Å². The van der Waals surface area contributed by atoms with E-state index in [0.29, 0.717) is 12.3 Å². The lowest BCUT2D eigenvalue weighted by molar-refractivity contribution is -0.125. The number of anilines is 1. The van der Waals surface area contributed by atoms with Gasteiger partial charge in [0.25, 0.3) is 0 Å². The van der Waals surface area contributed by atoms with Gasteiger partial charge in [0, 0.05) is 19.2 Å². The first-order valence-electron chi connectivity index (χ1n) is 8.83. The second kappa shape index (κ2) is 8.83. The van der Waals surface area contributed by atoms with Crippen molar-refractivity contribution >= 4 is 17.5 Å². The van der Waals surface area contributed by atoms with Crippen molar-refractivity contribution < 1.29 is 9.59 Å². The maximum Gasteiger partial charge on any atom is 0.246 e. The zero-order chi connectivity index (χ0) is 17.5. The summed E-state index contributed by atoms with van der Waals surface area (Å²) in [5.74, 6) is -0.00934. The molecule has 5 nitrogen and oxygen atoms in total. The van der Waals surface area contributed by atoms with Crippen LogP contribution in [-0.2, 0) is 16.1 Å². The van der Waals surface area contributed by atoms with Crippen LogP contribution < -0.4 is 10.6 Å². The molecule has 1 aromatic rings. The Morgan fingerprint density at radius 1 is 1.21 bits per heavy atom. The summed E-state index contributed by atoms with van der Waals surface area (Å²) in [6, 6.07) is 7.48. The molecule has 1 fully saturated rings. The van der Waals surface area contributed by atoms with Gasteiger partial charge in [-0.15, -0.1) is 0 Å². The monoisotopic (exact) mass is 331 g/mol. The third kappa shape index (κ3) is 5.96. The first-order valence-corrected chi connectivity index (χ1v) is 8.83. The molecule has 1 saturated heterocycles. The van der Waals surface area contributed by atoms with Crippen LogP contribution >= 0.6 is 0 Å². The summed E-state index contributed by atoms with van der Waals surface area (Å²) in [6.07, 6.45) is 3.16. The Hall–Kier alpha value is -1.88. The number of carbonyl (C=O) groups is 2. The van der Waals surface area contributed by atoms with Crippen molar-refractivity contribution in [1.29, 1.82) is 0 Å². The van der Waals surface area contributed by atoms with E-state index in [1.165, 1.54) is 25.3 Å². The van der Waals surface area contributed by atoms with Crippen LogP contribution in [0.1, 0.15) is 45.6 Å². The van der Waals surface area contributed by atoms with Gasteiger partial charge < -0.3 is 10.6 Å². The molecular weight excluding hydrogens is 302 g/mol. The van der Waals surface area contributed by atoms with Crippen LogP contribution in [0.5, 0.6) is 0 Å². The van der Waals surface area contributed by atoms with E-state index in [9.17, 15) is 9.59 Å². The van der Waals surface area contributed by atoms with Crippen molar-refractivity contribution in [3.63, 3.8) is 0 Å². The molecule has 0 saturated carbocycles. The molecule has 1 atom stereocenters. The van der Waals surface area contributed by atoms with Crippen LogP contribution in [0.15, 0.2) is 24.3 Å². The molecule has 1 aliphatic rings. The summed E-state index contributed by atoms with van der Waals surface area (Å²) < 4.78 is 0. The van der Waals surface area contributed by atoms with Gasteiger partial charge in [0.15, 0.2) is 0 Å². The summed E-state index contributed by atoms with van der Waals surface area (Å²) in [5, 5.41) is 5.69. The van der Waals surface area contributed by atoms with E-state index in [-0.39, 0.29) is 11.8 Å². The summed E-state index contributed by atoms with van der Waals surface area (Å²) in [7, 11) is 0. The molecule has 2 rings (SSSR count). The second-order valence-corrected chi connectivity index (χ2v) is 7.06. The summed E-state index contributed by atoms with van der Waals surface area (Å²) >= 11 is 0. The highest BCUT2D eigenvalue weighted by atomic mass is 16.2. The lowest BCUT2D eigenvalue weighted by atomic mass is 10.0. The number of rotatable bonds is 7. The summed E-state index contributed by atoms with van der Waals surface area (Å²) in [6.45, 7) is 8.74. The number of carbonyl (C=O) groups excluding carboxylic acids is 2. The number of amides is 2. The van der Waals surface area contributed by atoms with Crippen molar-refractivity contribution in [2.45, 2.75) is 52.6 Å². The number of likely N-dealkylation sites (tertiary alicyclic amines) is 1. The normalized spacial score (nSPS) is 16.2. The molecule has 1 aliphatic heterocycles. The van der Waals surface area contributed by atoms with Crippen LogP contribution in [0.4, 0.5) is 5.69 Å². The van der Waals surface area contributed by atoms with Gasteiger partial charge in [-0.1, -0.05) is 26.0 Å². The van der Waals surface area contributed by atoms with Gasteiger partial charge in [-0.2, -0.15) is 0 Å². The molecule has 0 spiro atoms. The number of nitrogens with one attached hydrogen (secondary N) is 2. The molecule has 5 heteroatoms. The van der Waals surface area contributed by atoms with Gasteiger partial charge in [0.05, 0.1) is 0 Å². The van der Waals surface area contributed by atoms with E-state index in [0.717, 1.165) is 25.3 Å². The molecule has 0 aliphatic carbocycles. The Morgan fingerprint density at radius 2 is 1.92 bits per heavy atom. The van der Waals surface area contributed by atoms with Crippen molar-refractivity contribution in [3.8, 4) is 0 Å². The zero-order valence-electron chi connectivity index (χ0n) is 15.0. The molecule has 2 amide bonds. The Morgan fingerprint density at radius 3 is 2.54 bits per heavy atom. The standard InChI is InChI=1S/C19H29N3O2/c1-14(2)11-18(20-15(3)23)19(24)21-17-8-6-7-16(12-17)13-22-9-4-5-10-22/h6-8,12,14,18H,4-5,9-11,13H2,1-3H3,(H,20,23)(H,21,24)/t18-/m0/s1. The first-order chi connectivity index (χ1) is 11.4. The maximum atomic E-state index is 12.5. The Bertz CT molecular complexity index is 565. The molecule has 1 aromatic carbocycles. The highest BCUT2D eigenvalue weighted by molar-refractivity contribution is 5.97. The maximum absolute atomic E-state index is 12.5. The zero-order valence-corrected chi connectivity index (χ0v) is 15.0. The molecule has 24 heavy (non-hydrogen) atoms. The van der Waals surface area contributed by atoms with Crippen LogP contribution in [-0.4, -0.2) is 35.8 Å². The van der Waals surface area contributed by atoms with Crippen molar-refractivity contribution in [2.75, 3.05) is 18.4 Å². The topological polar surface area (TPSA) is 61.4 Å². The van der Waals surface area contributed by atoms with E-state index in [4.69, 9.17) is 0 Å². The fourth-order valence-corrected chi connectivity index (χ4v) is 3.12. The molecule has 2 N–H and O–H groups in total. The van der Waals surface area contributed by atoms with Gasteiger partial charge in [-0.25, -0.2) is 0 Å². The fourth-order valence-electron chi connectivity index (χ4n) is 3.12. The minimum absolute atomic E-state index is 0.155. The van der Waals surface area contributed by atoms with Gasteiger partial charge in [-0.05, 0) is 56.0 Å². The first kappa shape index (κ1) is 18.5. The number of hydrogen-bond acceptors (Lipinski definition) is 3. The van der Waals surface area contributed by atoms with Gasteiger partial charge >= 0.3 is 0 Å². The molecule has 0 bridgehead atoms. The summed E-state index contributed by atoms with van der Waals surface area (Å²) in [4.78, 5) is 26.3. The van der Waals surface area contributed by atoms with Crippen LogP contribution in [0, 0.1) is 5.92 Å². The highest BCUT2D eigenvalue weighted by Gasteiger charge is 2.21. The van der Waals surface area contributed by atoms with Crippen molar-refractivity contribution in [3.05, 3.63) is 29.8 Å². The number of hydrogen-bond donors (Lipinski definition) is 2. The average Bonchev–Trinajstić information content (AvgIpc) is 2.99.